The largest absolute Gasteiger partial charge is 0.348 e. The van der Waals surface area contributed by atoms with Gasteiger partial charge in [-0.25, -0.2) is 0 Å². The molecule has 1 heterocycles. The summed E-state index contributed by atoms with van der Waals surface area (Å²) < 4.78 is 0. The summed E-state index contributed by atoms with van der Waals surface area (Å²) in [7, 11) is 1.82. The second-order valence-electron chi connectivity index (χ2n) is 2.90. The lowest BCUT2D eigenvalue weighted by molar-refractivity contribution is -0.117. The molecule has 1 unspecified atom stereocenters. The highest BCUT2D eigenvalue weighted by Crippen LogP contribution is 2.07. The first-order valence-corrected chi connectivity index (χ1v) is 3.69. The van der Waals surface area contributed by atoms with Gasteiger partial charge in [-0.15, -0.1) is 0 Å². The molecule has 0 bridgehead atoms. The minimum atomic E-state index is 0.676. The zero-order valence-electron chi connectivity index (χ0n) is 6.34. The molecule has 10 heavy (non-hydrogen) atoms. The molecule has 58 valence electrons. The van der Waals surface area contributed by atoms with Crippen LogP contribution in [0.15, 0.2) is 0 Å². The maximum absolute atomic E-state index is 10.2. The third-order valence-corrected chi connectivity index (χ3v) is 1.89. The zero-order valence-corrected chi connectivity index (χ0v) is 6.34. The number of amides is 1. The number of hydrogen-bond donors (Lipinski definition) is 1. The van der Waals surface area contributed by atoms with E-state index in [1.807, 2.05) is 7.05 Å². The Hall–Kier alpha value is -0.570. The van der Waals surface area contributed by atoms with Crippen LogP contribution in [0.2, 0.25) is 0 Å². The Kier molecular flexibility index (Phi) is 2.68. The number of nitrogens with zero attached hydrogens (tertiary/aromatic N) is 1. The molecule has 1 rings (SSSR count). The highest BCUT2D eigenvalue weighted by molar-refractivity contribution is 5.46. The minimum Gasteiger partial charge on any atom is -0.348 e. The van der Waals surface area contributed by atoms with E-state index in [-0.39, 0.29) is 0 Å². The van der Waals surface area contributed by atoms with E-state index in [1.165, 1.54) is 6.42 Å². The maximum Gasteiger partial charge on any atom is 0.209 e. The molecule has 1 aliphatic heterocycles. The Morgan fingerprint density at radius 2 is 2.60 bits per heavy atom. The molecule has 0 spiro atoms. The number of carbonyl (C=O) groups excluding carboxylic acids is 1. The zero-order chi connectivity index (χ0) is 7.40. The van der Waals surface area contributed by atoms with Gasteiger partial charge in [0.15, 0.2) is 0 Å². The molecular weight excluding hydrogens is 128 g/mol. The standard InChI is InChI=1S/C7H14N2O/c1-9(6-10)5-7-2-3-8-4-7/h6-8H,2-5H2,1H3. The Morgan fingerprint density at radius 3 is 3.10 bits per heavy atom. The predicted molar refractivity (Wildman–Crippen MR) is 39.7 cm³/mol. The van der Waals surface area contributed by atoms with Gasteiger partial charge in [0.25, 0.3) is 0 Å². The first kappa shape index (κ1) is 7.54. The van der Waals surface area contributed by atoms with Crippen molar-refractivity contribution in [1.29, 1.82) is 0 Å². The topological polar surface area (TPSA) is 32.3 Å². The first-order valence-electron chi connectivity index (χ1n) is 3.69. The van der Waals surface area contributed by atoms with Crippen LogP contribution in [0, 0.1) is 5.92 Å². The molecule has 1 N–H and O–H groups in total. The van der Waals surface area contributed by atoms with Gasteiger partial charge in [0, 0.05) is 13.6 Å². The summed E-state index contributed by atoms with van der Waals surface area (Å²) in [5.41, 5.74) is 0. The van der Waals surface area contributed by atoms with Crippen LogP contribution in [0.25, 0.3) is 0 Å². The minimum absolute atomic E-state index is 0.676. The Morgan fingerprint density at radius 1 is 1.80 bits per heavy atom. The lowest BCUT2D eigenvalue weighted by Gasteiger charge is -2.14. The quantitative estimate of drug-likeness (QED) is 0.548. The summed E-state index contributed by atoms with van der Waals surface area (Å²) in [6.45, 7) is 3.08. The summed E-state index contributed by atoms with van der Waals surface area (Å²) >= 11 is 0. The van der Waals surface area contributed by atoms with Crippen molar-refractivity contribution in [3.8, 4) is 0 Å². The average Bonchev–Trinajstić information content (AvgIpc) is 2.40. The number of nitrogens with one attached hydrogen (secondary N) is 1. The summed E-state index contributed by atoms with van der Waals surface area (Å²) in [4.78, 5) is 11.9. The van der Waals surface area contributed by atoms with E-state index in [9.17, 15) is 4.79 Å². The highest BCUT2D eigenvalue weighted by atomic mass is 16.1. The fourth-order valence-corrected chi connectivity index (χ4v) is 1.32. The van der Waals surface area contributed by atoms with Gasteiger partial charge < -0.3 is 10.2 Å². The highest BCUT2D eigenvalue weighted by Gasteiger charge is 2.14. The van der Waals surface area contributed by atoms with E-state index in [0.717, 1.165) is 26.0 Å². The molecule has 1 atom stereocenters. The van der Waals surface area contributed by atoms with Gasteiger partial charge >= 0.3 is 0 Å². The molecule has 0 aliphatic carbocycles. The molecule has 1 saturated heterocycles. The van der Waals surface area contributed by atoms with Crippen molar-refractivity contribution in [3.63, 3.8) is 0 Å². The molecule has 1 aliphatic rings. The van der Waals surface area contributed by atoms with E-state index >= 15 is 0 Å². The van der Waals surface area contributed by atoms with Crippen LogP contribution in [-0.4, -0.2) is 38.0 Å². The molecule has 0 aromatic heterocycles. The van der Waals surface area contributed by atoms with E-state index in [0.29, 0.717) is 5.92 Å². The van der Waals surface area contributed by atoms with Gasteiger partial charge in [0.2, 0.25) is 6.41 Å². The second-order valence-corrected chi connectivity index (χ2v) is 2.90. The van der Waals surface area contributed by atoms with E-state index in [2.05, 4.69) is 5.32 Å². The van der Waals surface area contributed by atoms with Gasteiger partial charge in [0.1, 0.15) is 0 Å². The van der Waals surface area contributed by atoms with Crippen molar-refractivity contribution in [1.82, 2.24) is 10.2 Å². The number of carbonyl (C=O) groups is 1. The van der Waals surface area contributed by atoms with Crippen LogP contribution in [0.5, 0.6) is 0 Å². The SMILES string of the molecule is CN(C=O)CC1CCNC1. The molecule has 3 heteroatoms. The third-order valence-electron chi connectivity index (χ3n) is 1.89. The van der Waals surface area contributed by atoms with Gasteiger partial charge in [-0.1, -0.05) is 0 Å². The molecule has 0 radical (unpaired) electrons. The van der Waals surface area contributed by atoms with Crippen molar-refractivity contribution < 1.29 is 4.79 Å². The average molecular weight is 142 g/mol. The van der Waals surface area contributed by atoms with Crippen molar-refractivity contribution in [2.24, 2.45) is 5.92 Å². The summed E-state index contributed by atoms with van der Waals surface area (Å²) in [6.07, 6.45) is 2.09. The molecule has 0 aromatic rings. The number of hydrogen-bond acceptors (Lipinski definition) is 2. The van der Waals surface area contributed by atoms with Crippen LogP contribution >= 0.6 is 0 Å². The monoisotopic (exact) mass is 142 g/mol. The predicted octanol–water partition coefficient (Wildman–Crippen LogP) is -0.316. The Labute approximate surface area is 61.4 Å². The lowest BCUT2D eigenvalue weighted by Crippen LogP contribution is -2.25. The second kappa shape index (κ2) is 3.56. The number of rotatable bonds is 3. The van der Waals surface area contributed by atoms with Crippen LogP contribution in [-0.2, 0) is 4.79 Å². The molecule has 3 nitrogen and oxygen atoms in total. The van der Waals surface area contributed by atoms with Crippen LogP contribution < -0.4 is 5.32 Å². The fourth-order valence-electron chi connectivity index (χ4n) is 1.32. The van der Waals surface area contributed by atoms with E-state index < -0.39 is 0 Å². The fraction of sp³-hybridized carbons (Fsp3) is 0.857. The van der Waals surface area contributed by atoms with Gasteiger partial charge in [0.05, 0.1) is 0 Å². The van der Waals surface area contributed by atoms with Crippen molar-refractivity contribution in [2.45, 2.75) is 6.42 Å². The van der Waals surface area contributed by atoms with Gasteiger partial charge in [-0.05, 0) is 25.4 Å². The smallest absolute Gasteiger partial charge is 0.209 e. The third kappa shape index (κ3) is 1.99. The molecule has 1 fully saturated rings. The first-order chi connectivity index (χ1) is 4.83. The summed E-state index contributed by atoms with van der Waals surface area (Å²) in [5, 5.41) is 3.26. The molecule has 0 saturated carbocycles. The van der Waals surface area contributed by atoms with E-state index in [4.69, 9.17) is 0 Å². The van der Waals surface area contributed by atoms with Crippen LogP contribution in [0.1, 0.15) is 6.42 Å². The molecule has 1 amide bonds. The van der Waals surface area contributed by atoms with Crippen molar-refractivity contribution in [2.75, 3.05) is 26.7 Å². The molecule has 0 aromatic carbocycles. The van der Waals surface area contributed by atoms with Crippen molar-refractivity contribution in [3.05, 3.63) is 0 Å². The lowest BCUT2D eigenvalue weighted by atomic mass is 10.1. The summed E-state index contributed by atoms with van der Waals surface area (Å²) in [6, 6.07) is 0. The van der Waals surface area contributed by atoms with E-state index in [1.54, 1.807) is 4.90 Å². The maximum atomic E-state index is 10.2. The van der Waals surface area contributed by atoms with Gasteiger partial charge in [-0.3, -0.25) is 4.79 Å². The summed E-state index contributed by atoms with van der Waals surface area (Å²) in [5.74, 6) is 0.676. The van der Waals surface area contributed by atoms with Gasteiger partial charge in [-0.2, -0.15) is 0 Å². The Bertz CT molecular complexity index is 110. The molecular formula is C7H14N2O. The van der Waals surface area contributed by atoms with Crippen LogP contribution in [0.4, 0.5) is 0 Å². The normalized spacial score (nSPS) is 24.7. The van der Waals surface area contributed by atoms with Crippen molar-refractivity contribution >= 4 is 6.41 Å². The Balaban J connectivity index is 2.17. The van der Waals surface area contributed by atoms with Crippen LogP contribution in [0.3, 0.4) is 0 Å².